The molecule has 73 valence electrons. The number of hydrogen-bond donors (Lipinski definition) is 0. The molecule has 1 rings (SSSR count). The van der Waals surface area contributed by atoms with Crippen LogP contribution in [0.15, 0.2) is 0 Å². The van der Waals surface area contributed by atoms with Crippen LogP contribution in [0.4, 0.5) is 0 Å². The van der Waals surface area contributed by atoms with Crippen molar-refractivity contribution in [2.75, 3.05) is 0 Å². The largest absolute Gasteiger partial charge is 0.550 e. The summed E-state index contributed by atoms with van der Waals surface area (Å²) in [5.41, 5.74) is 0. The molecule has 4 nitrogen and oxygen atoms in total. The molecular weight excluding hydrogens is 256 g/mol. The van der Waals surface area contributed by atoms with Gasteiger partial charge in [-0.05, 0) is 12.8 Å². The molecule has 2 unspecified atom stereocenters. The molecule has 1 radical (unpaired) electrons. The van der Waals surface area contributed by atoms with E-state index in [9.17, 15) is 19.8 Å². The summed E-state index contributed by atoms with van der Waals surface area (Å²) in [5, 5.41) is 20.6. The van der Waals surface area contributed by atoms with E-state index in [0.717, 1.165) is 0 Å². The Morgan fingerprint density at radius 2 is 1.33 bits per heavy atom. The van der Waals surface area contributed by atoms with Crippen molar-refractivity contribution in [3.63, 3.8) is 0 Å². The van der Waals surface area contributed by atoms with Crippen molar-refractivity contribution < 1.29 is 42.2 Å². The van der Waals surface area contributed by atoms with Crippen molar-refractivity contribution in [3.8, 4) is 0 Å². The van der Waals surface area contributed by atoms with Gasteiger partial charge in [0.2, 0.25) is 0 Å². The number of rotatable bonds is 2. The fourth-order valence-electron chi connectivity index (χ4n) is 1.52. The second-order valence-corrected chi connectivity index (χ2v) is 2.78. The molecule has 0 aromatic heterocycles. The first-order valence-electron chi connectivity index (χ1n) is 3.54. The smallest absolute Gasteiger partial charge is 0.0451 e. The number of carbonyl (C=O) groups excluding carboxylic acids is 2. The summed E-state index contributed by atoms with van der Waals surface area (Å²) in [6.07, 6.45) is 1.44. The van der Waals surface area contributed by atoms with E-state index in [4.69, 9.17) is 0 Å². The zero-order valence-corrected chi connectivity index (χ0v) is 7.69. The number of aliphatic carboxylic acids is 2. The Balaban J connectivity index is 0.00000121. The summed E-state index contributed by atoms with van der Waals surface area (Å²) in [5.74, 6) is -4.20. The normalized spacial score (nSPS) is 27.7. The van der Waals surface area contributed by atoms with Gasteiger partial charge in [-0.3, -0.25) is 0 Å². The first kappa shape index (κ1) is 11.7. The van der Waals surface area contributed by atoms with Crippen LogP contribution in [0.2, 0.25) is 0 Å². The Labute approximate surface area is 85.5 Å². The van der Waals surface area contributed by atoms with E-state index in [0.29, 0.717) is 19.3 Å². The molecule has 0 saturated heterocycles. The van der Waals surface area contributed by atoms with Gasteiger partial charge in [0.25, 0.3) is 0 Å². The van der Waals surface area contributed by atoms with Gasteiger partial charge in [0.1, 0.15) is 0 Å². The number of hydrogen-bond acceptors (Lipinski definition) is 4. The van der Waals surface area contributed by atoms with Crippen molar-refractivity contribution in [1.82, 2.24) is 0 Å². The average molecular weight is 264 g/mol. The van der Waals surface area contributed by atoms with Crippen LogP contribution in [0.5, 0.6) is 0 Å². The zero-order valence-electron chi connectivity index (χ0n) is 6.21. The number of carbonyl (C=O) groups is 2. The minimum absolute atomic E-state index is 0. The fraction of sp³-hybridized carbons (Fsp3) is 0.714. The van der Waals surface area contributed by atoms with Crippen molar-refractivity contribution >= 4 is 11.9 Å². The van der Waals surface area contributed by atoms with Gasteiger partial charge in [0, 0.05) is 46.2 Å². The first-order valence-corrected chi connectivity index (χ1v) is 3.54. The molecule has 2 atom stereocenters. The van der Waals surface area contributed by atoms with E-state index in [1.807, 2.05) is 0 Å². The molecule has 0 spiro atoms. The molecule has 0 aromatic carbocycles. The first-order chi connectivity index (χ1) is 5.13. The van der Waals surface area contributed by atoms with Gasteiger partial charge in [-0.15, -0.1) is 0 Å². The Morgan fingerprint density at radius 1 is 1.00 bits per heavy atom. The summed E-state index contributed by atoms with van der Waals surface area (Å²) in [4.78, 5) is 20.6. The predicted octanol–water partition coefficient (Wildman–Crippen LogP) is -2.10. The SMILES string of the molecule is O=C([O-])C1CCCC1C(=O)[O-].[Ag]. The molecule has 0 N–H and O–H groups in total. The molecule has 1 aliphatic rings. The van der Waals surface area contributed by atoms with Gasteiger partial charge in [0.15, 0.2) is 0 Å². The molecule has 1 saturated carbocycles. The van der Waals surface area contributed by atoms with Gasteiger partial charge in [-0.1, -0.05) is 6.42 Å². The summed E-state index contributed by atoms with van der Waals surface area (Å²) >= 11 is 0. The molecule has 0 heterocycles. The van der Waals surface area contributed by atoms with E-state index >= 15 is 0 Å². The topological polar surface area (TPSA) is 80.3 Å². The van der Waals surface area contributed by atoms with Gasteiger partial charge in [0.05, 0.1) is 0 Å². The third-order valence-corrected chi connectivity index (χ3v) is 2.12. The number of carboxylic acid groups (broad SMARTS) is 2. The Bertz CT molecular complexity index is 172. The quantitative estimate of drug-likeness (QED) is 0.535. The monoisotopic (exact) mass is 263 g/mol. The van der Waals surface area contributed by atoms with Gasteiger partial charge in [-0.25, -0.2) is 0 Å². The molecular formula is C7H8AgO4-2. The Hall–Kier alpha value is -0.320. The van der Waals surface area contributed by atoms with Gasteiger partial charge < -0.3 is 19.8 Å². The van der Waals surface area contributed by atoms with E-state index in [-0.39, 0.29) is 22.4 Å². The van der Waals surface area contributed by atoms with E-state index < -0.39 is 23.8 Å². The van der Waals surface area contributed by atoms with Crippen LogP contribution in [0, 0.1) is 11.8 Å². The summed E-state index contributed by atoms with van der Waals surface area (Å²) in [7, 11) is 0. The van der Waals surface area contributed by atoms with Crippen molar-refractivity contribution in [2.24, 2.45) is 11.8 Å². The maximum Gasteiger partial charge on any atom is 0.0451 e. The molecule has 1 fully saturated rings. The Morgan fingerprint density at radius 3 is 1.58 bits per heavy atom. The second kappa shape index (κ2) is 4.64. The van der Waals surface area contributed by atoms with Crippen LogP contribution >= 0.6 is 0 Å². The van der Waals surface area contributed by atoms with Crippen molar-refractivity contribution in [1.29, 1.82) is 0 Å². The van der Waals surface area contributed by atoms with E-state index in [1.54, 1.807) is 0 Å². The van der Waals surface area contributed by atoms with Crippen LogP contribution in [-0.2, 0) is 32.0 Å². The standard InChI is InChI=1S/C7H10O4.Ag/c8-6(9)4-2-1-3-5(4)7(10)11;/h4-5H,1-3H2,(H,8,9)(H,10,11);/p-2. The molecule has 0 bridgehead atoms. The molecule has 1 aliphatic carbocycles. The van der Waals surface area contributed by atoms with Crippen molar-refractivity contribution in [2.45, 2.75) is 19.3 Å². The van der Waals surface area contributed by atoms with E-state index in [1.165, 1.54) is 0 Å². The van der Waals surface area contributed by atoms with Crippen molar-refractivity contribution in [3.05, 3.63) is 0 Å². The number of carboxylic acids is 2. The third kappa shape index (κ3) is 2.33. The average Bonchev–Trinajstić information content (AvgIpc) is 2.32. The summed E-state index contributed by atoms with van der Waals surface area (Å²) < 4.78 is 0. The molecule has 0 amide bonds. The van der Waals surface area contributed by atoms with Crippen LogP contribution in [0.25, 0.3) is 0 Å². The van der Waals surface area contributed by atoms with E-state index in [2.05, 4.69) is 0 Å². The fourth-order valence-corrected chi connectivity index (χ4v) is 1.52. The predicted molar refractivity (Wildman–Crippen MR) is 30.8 cm³/mol. The zero-order chi connectivity index (χ0) is 8.43. The second-order valence-electron chi connectivity index (χ2n) is 2.78. The van der Waals surface area contributed by atoms with Crippen LogP contribution in [-0.4, -0.2) is 11.9 Å². The summed E-state index contributed by atoms with van der Waals surface area (Å²) in [6, 6.07) is 0. The summed E-state index contributed by atoms with van der Waals surface area (Å²) in [6.45, 7) is 0. The minimum Gasteiger partial charge on any atom is -0.550 e. The maximum atomic E-state index is 10.3. The van der Waals surface area contributed by atoms with Gasteiger partial charge in [-0.2, -0.15) is 0 Å². The molecule has 12 heavy (non-hydrogen) atoms. The Kier molecular flexibility index (Phi) is 4.52. The van der Waals surface area contributed by atoms with Gasteiger partial charge >= 0.3 is 0 Å². The molecule has 5 heteroatoms. The molecule has 0 aliphatic heterocycles. The van der Waals surface area contributed by atoms with Crippen LogP contribution < -0.4 is 10.2 Å². The third-order valence-electron chi connectivity index (χ3n) is 2.12. The van der Waals surface area contributed by atoms with Crippen LogP contribution in [0.1, 0.15) is 19.3 Å². The van der Waals surface area contributed by atoms with Crippen LogP contribution in [0.3, 0.4) is 0 Å². The maximum absolute atomic E-state index is 10.3. The minimum atomic E-state index is -1.27. The molecule has 0 aromatic rings.